The van der Waals surface area contributed by atoms with Gasteiger partial charge in [-0.05, 0) is 19.8 Å². The third kappa shape index (κ3) is 2.05. The third-order valence-corrected chi connectivity index (χ3v) is 5.10. The fraction of sp³-hybridized carbons (Fsp3) is 0.643. The van der Waals surface area contributed by atoms with E-state index in [1.54, 1.807) is 7.05 Å². The van der Waals surface area contributed by atoms with Gasteiger partial charge in [0, 0.05) is 26.1 Å². The van der Waals surface area contributed by atoms with Crippen molar-refractivity contribution in [2.45, 2.75) is 38.1 Å². The first kappa shape index (κ1) is 16.7. The lowest BCUT2D eigenvalue weighted by Gasteiger charge is -2.35. The molecule has 1 aliphatic rings. The number of nitrogens with zero attached hydrogens (tertiary/aromatic N) is 4. The minimum absolute atomic E-state index is 0.0819. The molecular weight excluding hydrogens is 329 g/mol. The molecule has 0 spiro atoms. The molecule has 1 atom stereocenters. The first-order valence-corrected chi connectivity index (χ1v) is 7.33. The molecule has 0 aromatic carbocycles. The van der Waals surface area contributed by atoms with Gasteiger partial charge in [0.25, 0.3) is 5.56 Å². The summed E-state index contributed by atoms with van der Waals surface area (Å²) < 4.78 is 42.8. The van der Waals surface area contributed by atoms with Crippen molar-refractivity contribution in [3.8, 4) is 0 Å². The van der Waals surface area contributed by atoms with Crippen molar-refractivity contribution in [2.24, 2.45) is 19.5 Å². The predicted molar refractivity (Wildman–Crippen MR) is 78.6 cm³/mol. The van der Waals surface area contributed by atoms with Crippen LogP contribution in [0.3, 0.4) is 0 Å². The molecule has 0 bridgehead atoms. The SMILES string of the molecule is Cn1cnc2c1c(=O)n(CC1(C(C)(O)C(F)(F)F)CC1)c(=O)n2C. The van der Waals surface area contributed by atoms with Crippen molar-refractivity contribution in [3.05, 3.63) is 27.2 Å². The number of fused-ring (bicyclic) bond motifs is 1. The van der Waals surface area contributed by atoms with Gasteiger partial charge in [-0.15, -0.1) is 0 Å². The van der Waals surface area contributed by atoms with E-state index in [1.807, 2.05) is 0 Å². The molecule has 7 nitrogen and oxygen atoms in total. The van der Waals surface area contributed by atoms with Crippen LogP contribution in [0, 0.1) is 5.41 Å². The molecular formula is C14H17F3N4O3. The number of hydrogen-bond donors (Lipinski definition) is 1. The normalized spacial score (nSPS) is 19.5. The van der Waals surface area contributed by atoms with Gasteiger partial charge in [-0.25, -0.2) is 9.78 Å². The Morgan fingerprint density at radius 2 is 1.88 bits per heavy atom. The second-order valence-corrected chi connectivity index (χ2v) is 6.61. The Labute approximate surface area is 134 Å². The number of aliphatic hydroxyl groups is 1. The van der Waals surface area contributed by atoms with Crippen LogP contribution < -0.4 is 11.2 Å². The van der Waals surface area contributed by atoms with Crippen LogP contribution in [0.4, 0.5) is 13.2 Å². The molecule has 3 rings (SSSR count). The van der Waals surface area contributed by atoms with Gasteiger partial charge in [0.2, 0.25) is 0 Å². The Kier molecular flexibility index (Phi) is 3.29. The van der Waals surface area contributed by atoms with E-state index in [0.717, 1.165) is 9.13 Å². The summed E-state index contributed by atoms with van der Waals surface area (Å²) in [6, 6.07) is 0. The van der Waals surface area contributed by atoms with Crippen molar-refractivity contribution in [3.63, 3.8) is 0 Å². The second kappa shape index (κ2) is 4.71. The number of imidazole rings is 1. The van der Waals surface area contributed by atoms with E-state index < -0.39 is 35.0 Å². The standard InChI is InChI=1S/C14H17F3N4O3/c1-12(24,14(15,16)17)13(4-5-13)6-21-10(22)8-9(18-7-19(8)2)20(3)11(21)23/h7,24H,4-6H2,1-3H3. The lowest BCUT2D eigenvalue weighted by Crippen LogP contribution is -2.54. The summed E-state index contributed by atoms with van der Waals surface area (Å²) in [5.41, 5.74) is -5.73. The highest BCUT2D eigenvalue weighted by Gasteiger charge is 2.68. The number of hydrogen-bond acceptors (Lipinski definition) is 4. The van der Waals surface area contributed by atoms with E-state index in [4.69, 9.17) is 0 Å². The average Bonchev–Trinajstić information content (AvgIpc) is 3.17. The molecule has 1 unspecified atom stereocenters. The minimum Gasteiger partial charge on any atom is -0.380 e. The van der Waals surface area contributed by atoms with Crippen LogP contribution in [0.1, 0.15) is 19.8 Å². The fourth-order valence-electron chi connectivity index (χ4n) is 3.09. The summed E-state index contributed by atoms with van der Waals surface area (Å²) in [7, 11) is 2.96. The molecule has 1 fully saturated rings. The summed E-state index contributed by atoms with van der Waals surface area (Å²) in [5, 5.41) is 10.0. The molecule has 2 heterocycles. The van der Waals surface area contributed by atoms with Gasteiger partial charge in [-0.2, -0.15) is 13.2 Å². The minimum atomic E-state index is -4.85. The van der Waals surface area contributed by atoms with E-state index in [1.165, 1.54) is 17.9 Å². The molecule has 10 heteroatoms. The smallest absolute Gasteiger partial charge is 0.380 e. The second-order valence-electron chi connectivity index (χ2n) is 6.61. The van der Waals surface area contributed by atoms with Crippen LogP contribution in [0.2, 0.25) is 0 Å². The van der Waals surface area contributed by atoms with Crippen LogP contribution >= 0.6 is 0 Å². The molecule has 0 amide bonds. The van der Waals surface area contributed by atoms with Crippen LogP contribution in [0.5, 0.6) is 0 Å². The third-order valence-electron chi connectivity index (χ3n) is 5.10. The fourth-order valence-corrected chi connectivity index (χ4v) is 3.09. The molecule has 2 aromatic heterocycles. The van der Waals surface area contributed by atoms with Gasteiger partial charge in [0.05, 0.1) is 6.33 Å². The molecule has 132 valence electrons. The Bertz CT molecular complexity index is 932. The van der Waals surface area contributed by atoms with Crippen molar-refractivity contribution in [1.29, 1.82) is 0 Å². The molecule has 1 saturated carbocycles. The number of alkyl halides is 3. The quantitative estimate of drug-likeness (QED) is 0.879. The van der Waals surface area contributed by atoms with Crippen molar-refractivity contribution < 1.29 is 18.3 Å². The van der Waals surface area contributed by atoms with E-state index in [9.17, 15) is 27.9 Å². The lowest BCUT2D eigenvalue weighted by molar-refractivity contribution is -0.279. The molecule has 1 N–H and O–H groups in total. The van der Waals surface area contributed by atoms with Crippen LogP contribution in [0.15, 0.2) is 15.9 Å². The van der Waals surface area contributed by atoms with E-state index >= 15 is 0 Å². The Hall–Kier alpha value is -2.10. The van der Waals surface area contributed by atoms with Gasteiger partial charge in [0.1, 0.15) is 0 Å². The van der Waals surface area contributed by atoms with Crippen molar-refractivity contribution in [1.82, 2.24) is 18.7 Å². The van der Waals surface area contributed by atoms with Crippen LogP contribution in [-0.4, -0.2) is 35.6 Å². The summed E-state index contributed by atoms with van der Waals surface area (Å²) in [4.78, 5) is 29.0. The largest absolute Gasteiger partial charge is 0.417 e. The van der Waals surface area contributed by atoms with E-state index in [2.05, 4.69) is 4.98 Å². The molecule has 0 saturated heterocycles. The highest BCUT2D eigenvalue weighted by atomic mass is 19.4. The monoisotopic (exact) mass is 346 g/mol. The number of halogens is 3. The maximum absolute atomic E-state index is 13.2. The van der Waals surface area contributed by atoms with Crippen molar-refractivity contribution >= 4 is 11.2 Å². The molecule has 2 aromatic rings. The lowest BCUT2D eigenvalue weighted by atomic mass is 9.85. The van der Waals surface area contributed by atoms with Crippen molar-refractivity contribution in [2.75, 3.05) is 0 Å². The van der Waals surface area contributed by atoms with Gasteiger partial charge >= 0.3 is 11.9 Å². The van der Waals surface area contributed by atoms with Gasteiger partial charge < -0.3 is 9.67 Å². The van der Waals surface area contributed by atoms with E-state index in [0.29, 0.717) is 6.92 Å². The Balaban J connectivity index is 2.17. The zero-order valence-electron chi connectivity index (χ0n) is 13.4. The average molecular weight is 346 g/mol. The molecule has 0 radical (unpaired) electrons. The zero-order valence-corrected chi connectivity index (χ0v) is 13.4. The first-order chi connectivity index (χ1) is 10.9. The summed E-state index contributed by atoms with van der Waals surface area (Å²) in [5.74, 6) is 0. The van der Waals surface area contributed by atoms with Crippen LogP contribution in [0.25, 0.3) is 11.2 Å². The highest BCUT2D eigenvalue weighted by molar-refractivity contribution is 5.69. The molecule has 0 aliphatic heterocycles. The zero-order chi connectivity index (χ0) is 18.1. The number of rotatable bonds is 3. The van der Waals surface area contributed by atoms with E-state index in [-0.39, 0.29) is 24.0 Å². The number of aryl methyl sites for hydroxylation is 2. The summed E-state index contributed by atoms with van der Waals surface area (Å²) >= 11 is 0. The number of aromatic nitrogens is 4. The molecule has 24 heavy (non-hydrogen) atoms. The molecule has 1 aliphatic carbocycles. The maximum atomic E-state index is 13.2. The predicted octanol–water partition coefficient (Wildman–Crippen LogP) is 0.527. The van der Waals surface area contributed by atoms with Gasteiger partial charge in [-0.3, -0.25) is 13.9 Å². The highest BCUT2D eigenvalue weighted by Crippen LogP contribution is 2.59. The van der Waals surface area contributed by atoms with Gasteiger partial charge in [0.15, 0.2) is 16.8 Å². The van der Waals surface area contributed by atoms with Crippen LogP contribution in [-0.2, 0) is 20.6 Å². The Morgan fingerprint density at radius 1 is 1.29 bits per heavy atom. The van der Waals surface area contributed by atoms with Gasteiger partial charge in [-0.1, -0.05) is 0 Å². The summed E-state index contributed by atoms with van der Waals surface area (Å²) in [6.45, 7) is 0.199. The summed E-state index contributed by atoms with van der Waals surface area (Å²) in [6.07, 6.45) is -3.33. The Morgan fingerprint density at radius 3 is 2.38 bits per heavy atom. The topological polar surface area (TPSA) is 82.1 Å². The maximum Gasteiger partial charge on any atom is 0.417 e. The first-order valence-electron chi connectivity index (χ1n) is 7.33.